The van der Waals surface area contributed by atoms with Crippen LogP contribution in [-0.2, 0) is 17.4 Å². The lowest BCUT2D eigenvalue weighted by atomic mass is 9.94. The number of benzene rings is 2. The fourth-order valence-corrected chi connectivity index (χ4v) is 2.17. The first kappa shape index (κ1) is 16.0. The van der Waals surface area contributed by atoms with Gasteiger partial charge in [0.25, 0.3) is 0 Å². The smallest absolute Gasteiger partial charge is 0.416 e. The zero-order chi connectivity index (χ0) is 16.3. The molecule has 116 valence electrons. The summed E-state index contributed by atoms with van der Waals surface area (Å²) < 4.78 is 38.4. The summed E-state index contributed by atoms with van der Waals surface area (Å²) in [5, 5.41) is 8.88. The van der Waals surface area contributed by atoms with E-state index in [0.29, 0.717) is 16.7 Å². The van der Waals surface area contributed by atoms with Crippen molar-refractivity contribution < 1.29 is 23.1 Å². The number of alkyl halides is 3. The lowest BCUT2D eigenvalue weighted by Crippen LogP contribution is -2.32. The summed E-state index contributed by atoms with van der Waals surface area (Å²) in [6, 6.07) is 10.5. The standard InChI is InChI=1S/C16H14F3NO2/c17-16(18,19)12-6-3-5-10(8-12)13-7-2-1-4-11(13)9-14(20)15(21)22/h1-8,14H,9,20H2,(H,21,22). The minimum atomic E-state index is -4.43. The molecule has 0 bridgehead atoms. The van der Waals surface area contributed by atoms with Crippen LogP contribution in [-0.4, -0.2) is 17.1 Å². The highest BCUT2D eigenvalue weighted by Gasteiger charge is 2.30. The van der Waals surface area contributed by atoms with Crippen molar-refractivity contribution in [1.82, 2.24) is 0 Å². The molecule has 0 aromatic heterocycles. The molecule has 0 amide bonds. The molecule has 2 aromatic carbocycles. The number of halogens is 3. The van der Waals surface area contributed by atoms with E-state index < -0.39 is 23.8 Å². The largest absolute Gasteiger partial charge is 0.480 e. The van der Waals surface area contributed by atoms with Crippen molar-refractivity contribution >= 4 is 5.97 Å². The Hall–Kier alpha value is -2.34. The molecule has 0 radical (unpaired) electrons. The van der Waals surface area contributed by atoms with Crippen molar-refractivity contribution in [3.8, 4) is 11.1 Å². The highest BCUT2D eigenvalue weighted by molar-refractivity contribution is 5.75. The summed E-state index contributed by atoms with van der Waals surface area (Å²) in [6.07, 6.45) is -4.38. The average Bonchev–Trinajstić information content (AvgIpc) is 2.47. The van der Waals surface area contributed by atoms with Gasteiger partial charge in [-0.15, -0.1) is 0 Å². The van der Waals surface area contributed by atoms with Crippen LogP contribution >= 0.6 is 0 Å². The van der Waals surface area contributed by atoms with E-state index in [2.05, 4.69) is 0 Å². The summed E-state index contributed by atoms with van der Waals surface area (Å²) in [7, 11) is 0. The number of carbonyl (C=O) groups is 1. The highest BCUT2D eigenvalue weighted by atomic mass is 19.4. The predicted molar refractivity (Wildman–Crippen MR) is 76.2 cm³/mol. The normalized spacial score (nSPS) is 12.9. The topological polar surface area (TPSA) is 63.3 Å². The highest BCUT2D eigenvalue weighted by Crippen LogP contribution is 2.33. The number of aliphatic carboxylic acids is 1. The monoisotopic (exact) mass is 309 g/mol. The van der Waals surface area contributed by atoms with Gasteiger partial charge in [0.2, 0.25) is 0 Å². The van der Waals surface area contributed by atoms with Crippen molar-refractivity contribution in [1.29, 1.82) is 0 Å². The molecule has 22 heavy (non-hydrogen) atoms. The van der Waals surface area contributed by atoms with E-state index in [4.69, 9.17) is 10.8 Å². The predicted octanol–water partition coefficient (Wildman–Crippen LogP) is 3.33. The number of rotatable bonds is 4. The van der Waals surface area contributed by atoms with E-state index >= 15 is 0 Å². The summed E-state index contributed by atoms with van der Waals surface area (Å²) in [6.45, 7) is 0. The summed E-state index contributed by atoms with van der Waals surface area (Å²) >= 11 is 0. The molecule has 0 aliphatic rings. The van der Waals surface area contributed by atoms with Crippen LogP contribution in [0.2, 0.25) is 0 Å². The zero-order valence-electron chi connectivity index (χ0n) is 11.5. The van der Waals surface area contributed by atoms with Crippen LogP contribution in [0.4, 0.5) is 13.2 Å². The fraction of sp³-hybridized carbons (Fsp3) is 0.188. The van der Waals surface area contributed by atoms with Gasteiger partial charge >= 0.3 is 12.1 Å². The maximum atomic E-state index is 12.8. The Morgan fingerprint density at radius 3 is 2.45 bits per heavy atom. The zero-order valence-corrected chi connectivity index (χ0v) is 11.5. The van der Waals surface area contributed by atoms with Crippen molar-refractivity contribution in [2.75, 3.05) is 0 Å². The second-order valence-electron chi connectivity index (χ2n) is 4.88. The molecule has 0 spiro atoms. The van der Waals surface area contributed by atoms with E-state index in [1.807, 2.05) is 0 Å². The van der Waals surface area contributed by atoms with Crippen molar-refractivity contribution in [3.63, 3.8) is 0 Å². The first-order chi connectivity index (χ1) is 10.3. The molecule has 0 heterocycles. The van der Waals surface area contributed by atoms with Crippen LogP contribution in [0.5, 0.6) is 0 Å². The van der Waals surface area contributed by atoms with Crippen LogP contribution in [0.15, 0.2) is 48.5 Å². The molecule has 2 rings (SSSR count). The van der Waals surface area contributed by atoms with Gasteiger partial charge in [0, 0.05) is 0 Å². The Balaban J connectivity index is 2.43. The number of nitrogens with two attached hydrogens (primary N) is 1. The molecule has 1 atom stereocenters. The Bertz CT molecular complexity index is 683. The summed E-state index contributed by atoms with van der Waals surface area (Å²) in [5.41, 5.74) is 6.29. The number of hydrogen-bond acceptors (Lipinski definition) is 2. The first-order valence-corrected chi connectivity index (χ1v) is 6.53. The van der Waals surface area contributed by atoms with Crippen LogP contribution in [0.25, 0.3) is 11.1 Å². The molecule has 1 unspecified atom stereocenters. The van der Waals surface area contributed by atoms with Gasteiger partial charge in [-0.3, -0.25) is 4.79 Å². The van der Waals surface area contributed by atoms with Crippen LogP contribution < -0.4 is 5.73 Å². The van der Waals surface area contributed by atoms with Crippen LogP contribution in [0.1, 0.15) is 11.1 Å². The third-order valence-electron chi connectivity index (χ3n) is 3.28. The van der Waals surface area contributed by atoms with Gasteiger partial charge in [0.15, 0.2) is 0 Å². The maximum absolute atomic E-state index is 12.8. The molecule has 3 N–H and O–H groups in total. The molecule has 0 saturated carbocycles. The fourth-order valence-electron chi connectivity index (χ4n) is 2.17. The van der Waals surface area contributed by atoms with E-state index in [-0.39, 0.29) is 6.42 Å². The summed E-state index contributed by atoms with van der Waals surface area (Å²) in [4.78, 5) is 10.9. The molecular weight excluding hydrogens is 295 g/mol. The van der Waals surface area contributed by atoms with Crippen molar-refractivity contribution in [3.05, 3.63) is 59.7 Å². The second-order valence-corrected chi connectivity index (χ2v) is 4.88. The minimum Gasteiger partial charge on any atom is -0.480 e. The Labute approximate surface area is 125 Å². The van der Waals surface area contributed by atoms with Gasteiger partial charge in [-0.2, -0.15) is 13.2 Å². The Kier molecular flexibility index (Phi) is 4.51. The molecule has 6 heteroatoms. The van der Waals surface area contributed by atoms with E-state index in [0.717, 1.165) is 12.1 Å². The van der Waals surface area contributed by atoms with Crippen LogP contribution in [0.3, 0.4) is 0 Å². The second kappa shape index (κ2) is 6.19. The van der Waals surface area contributed by atoms with Crippen molar-refractivity contribution in [2.45, 2.75) is 18.6 Å². The molecule has 0 aliphatic heterocycles. The molecule has 0 aliphatic carbocycles. The van der Waals surface area contributed by atoms with Gasteiger partial charge in [-0.25, -0.2) is 0 Å². The van der Waals surface area contributed by atoms with Gasteiger partial charge < -0.3 is 10.8 Å². The first-order valence-electron chi connectivity index (χ1n) is 6.53. The van der Waals surface area contributed by atoms with Gasteiger partial charge in [-0.1, -0.05) is 36.4 Å². The number of carboxylic acid groups (broad SMARTS) is 1. The van der Waals surface area contributed by atoms with Gasteiger partial charge in [0.05, 0.1) is 5.56 Å². The summed E-state index contributed by atoms with van der Waals surface area (Å²) in [5.74, 6) is -1.15. The van der Waals surface area contributed by atoms with E-state index in [1.165, 1.54) is 6.07 Å². The molecule has 2 aromatic rings. The quantitative estimate of drug-likeness (QED) is 0.910. The van der Waals surface area contributed by atoms with E-state index in [1.54, 1.807) is 30.3 Å². The maximum Gasteiger partial charge on any atom is 0.416 e. The molecule has 3 nitrogen and oxygen atoms in total. The van der Waals surface area contributed by atoms with Gasteiger partial charge in [0.1, 0.15) is 6.04 Å². The Morgan fingerprint density at radius 1 is 1.14 bits per heavy atom. The third kappa shape index (κ3) is 3.65. The number of carboxylic acids is 1. The average molecular weight is 309 g/mol. The van der Waals surface area contributed by atoms with Crippen molar-refractivity contribution in [2.24, 2.45) is 5.73 Å². The molecule has 0 fully saturated rings. The molecule has 0 saturated heterocycles. The minimum absolute atomic E-state index is 0.0434. The number of hydrogen-bond donors (Lipinski definition) is 2. The Morgan fingerprint density at radius 2 is 1.82 bits per heavy atom. The lowest BCUT2D eigenvalue weighted by Gasteiger charge is -2.14. The van der Waals surface area contributed by atoms with Crippen LogP contribution in [0, 0.1) is 0 Å². The van der Waals surface area contributed by atoms with E-state index in [9.17, 15) is 18.0 Å². The SMILES string of the molecule is NC(Cc1ccccc1-c1cccc(C(F)(F)F)c1)C(=O)O. The third-order valence-corrected chi connectivity index (χ3v) is 3.28. The molecular formula is C16H14F3NO2. The van der Waals surface area contributed by atoms with Gasteiger partial charge in [-0.05, 0) is 35.2 Å². The lowest BCUT2D eigenvalue weighted by molar-refractivity contribution is -0.139.